The topological polar surface area (TPSA) is 55.4 Å². The zero-order chi connectivity index (χ0) is 16.8. The minimum Gasteiger partial charge on any atom is -0.462 e. The number of amides is 1. The van der Waals surface area contributed by atoms with Crippen molar-refractivity contribution in [1.29, 1.82) is 0 Å². The van der Waals surface area contributed by atoms with Crippen molar-refractivity contribution in [3.63, 3.8) is 0 Å². The van der Waals surface area contributed by atoms with Gasteiger partial charge in [0.2, 0.25) is 0 Å². The number of hydrogen-bond acceptors (Lipinski definition) is 3. The largest absolute Gasteiger partial charge is 0.462 e. The number of esters is 1. The average Bonchev–Trinajstić information content (AvgIpc) is 2.53. The van der Waals surface area contributed by atoms with Crippen molar-refractivity contribution >= 4 is 33.5 Å². The van der Waals surface area contributed by atoms with E-state index in [1.54, 1.807) is 36.4 Å². The second-order valence-corrected chi connectivity index (χ2v) is 6.36. The Bertz CT molecular complexity index is 696. The Morgan fingerprint density at radius 1 is 1.09 bits per heavy atom. The van der Waals surface area contributed by atoms with Gasteiger partial charge in [-0.05, 0) is 58.2 Å². The molecule has 0 saturated heterocycles. The Hall–Kier alpha value is -2.14. The molecule has 120 valence electrons. The molecule has 0 bridgehead atoms. The van der Waals surface area contributed by atoms with Crippen molar-refractivity contribution in [3.8, 4) is 0 Å². The summed E-state index contributed by atoms with van der Waals surface area (Å²) in [7, 11) is 0. The van der Waals surface area contributed by atoms with Gasteiger partial charge in [-0.3, -0.25) is 4.79 Å². The first-order chi connectivity index (χ1) is 11.0. The molecule has 1 N–H and O–H groups in total. The summed E-state index contributed by atoms with van der Waals surface area (Å²) in [6.07, 6.45) is 0. The van der Waals surface area contributed by atoms with E-state index >= 15 is 0 Å². The van der Waals surface area contributed by atoms with Crippen molar-refractivity contribution in [2.45, 2.75) is 13.8 Å². The second kappa shape index (κ2) is 7.92. The number of ether oxygens (including phenoxy) is 1. The second-order valence-electron chi connectivity index (χ2n) is 5.50. The van der Waals surface area contributed by atoms with E-state index in [9.17, 15) is 9.59 Å². The minimum absolute atomic E-state index is 0.215. The van der Waals surface area contributed by atoms with Gasteiger partial charge in [-0.1, -0.05) is 26.0 Å². The van der Waals surface area contributed by atoms with E-state index in [0.29, 0.717) is 29.3 Å². The summed E-state index contributed by atoms with van der Waals surface area (Å²) in [4.78, 5) is 24.0. The lowest BCUT2D eigenvalue weighted by atomic mass is 10.2. The minimum atomic E-state index is -0.359. The van der Waals surface area contributed by atoms with Crippen molar-refractivity contribution in [2.75, 3.05) is 11.9 Å². The van der Waals surface area contributed by atoms with Gasteiger partial charge in [-0.25, -0.2) is 4.79 Å². The van der Waals surface area contributed by atoms with E-state index < -0.39 is 0 Å². The zero-order valence-electron chi connectivity index (χ0n) is 13.0. The lowest BCUT2D eigenvalue weighted by molar-refractivity contribution is 0.0459. The van der Waals surface area contributed by atoms with E-state index in [0.717, 1.165) is 4.47 Å². The molecule has 0 atom stereocenters. The predicted molar refractivity (Wildman–Crippen MR) is 93.7 cm³/mol. The monoisotopic (exact) mass is 375 g/mol. The van der Waals surface area contributed by atoms with Crippen molar-refractivity contribution in [3.05, 3.63) is 64.1 Å². The van der Waals surface area contributed by atoms with Crippen LogP contribution in [0.25, 0.3) is 0 Å². The Morgan fingerprint density at radius 2 is 1.74 bits per heavy atom. The molecular weight excluding hydrogens is 358 g/mol. The number of benzene rings is 2. The molecule has 23 heavy (non-hydrogen) atoms. The molecule has 0 aliphatic rings. The Morgan fingerprint density at radius 3 is 2.35 bits per heavy atom. The van der Waals surface area contributed by atoms with Gasteiger partial charge < -0.3 is 10.1 Å². The van der Waals surface area contributed by atoms with Crippen molar-refractivity contribution in [2.24, 2.45) is 5.92 Å². The SMILES string of the molecule is CC(C)COC(=O)c1ccc(NC(=O)c2ccccc2Br)cc1. The van der Waals surface area contributed by atoms with Gasteiger partial charge in [0.1, 0.15) is 0 Å². The number of anilines is 1. The third kappa shape index (κ3) is 4.93. The number of halogens is 1. The van der Waals surface area contributed by atoms with Gasteiger partial charge >= 0.3 is 5.97 Å². The first-order valence-corrected chi connectivity index (χ1v) is 8.09. The Balaban J connectivity index is 2.01. The van der Waals surface area contributed by atoms with Gasteiger partial charge in [0, 0.05) is 10.2 Å². The number of rotatable bonds is 5. The molecule has 0 fully saturated rings. The standard InChI is InChI=1S/C18H18BrNO3/c1-12(2)11-23-18(22)13-7-9-14(10-8-13)20-17(21)15-5-3-4-6-16(15)19/h3-10,12H,11H2,1-2H3,(H,20,21). The molecule has 0 unspecified atom stereocenters. The first kappa shape index (κ1) is 17.2. The van der Waals surface area contributed by atoms with Crippen LogP contribution < -0.4 is 5.32 Å². The van der Waals surface area contributed by atoms with Crippen LogP contribution in [0.2, 0.25) is 0 Å². The molecule has 0 aliphatic carbocycles. The molecule has 4 nitrogen and oxygen atoms in total. The van der Waals surface area contributed by atoms with Gasteiger partial charge in [-0.2, -0.15) is 0 Å². The lowest BCUT2D eigenvalue weighted by Crippen LogP contribution is -2.13. The molecular formula is C18H18BrNO3. The van der Waals surface area contributed by atoms with Crippen LogP contribution in [-0.2, 0) is 4.74 Å². The number of nitrogens with one attached hydrogen (secondary N) is 1. The van der Waals surface area contributed by atoms with Gasteiger partial charge in [0.25, 0.3) is 5.91 Å². The fraction of sp³-hybridized carbons (Fsp3) is 0.222. The zero-order valence-corrected chi connectivity index (χ0v) is 14.6. The molecule has 0 spiro atoms. The lowest BCUT2D eigenvalue weighted by Gasteiger charge is -2.09. The Labute approximate surface area is 144 Å². The summed E-state index contributed by atoms with van der Waals surface area (Å²) in [6.45, 7) is 4.35. The maximum Gasteiger partial charge on any atom is 0.338 e. The van der Waals surface area contributed by atoms with E-state index in [2.05, 4.69) is 21.2 Å². The van der Waals surface area contributed by atoms with Crippen LogP contribution in [0.15, 0.2) is 53.0 Å². The van der Waals surface area contributed by atoms with Gasteiger partial charge in [0.05, 0.1) is 17.7 Å². The van der Waals surface area contributed by atoms with Crippen LogP contribution in [0.1, 0.15) is 34.6 Å². The van der Waals surface area contributed by atoms with E-state index in [1.807, 2.05) is 26.0 Å². The maximum atomic E-state index is 12.2. The third-order valence-electron chi connectivity index (χ3n) is 3.04. The molecule has 5 heteroatoms. The third-order valence-corrected chi connectivity index (χ3v) is 3.74. The average molecular weight is 376 g/mol. The number of carbonyl (C=O) groups is 2. The van der Waals surface area contributed by atoms with Crippen LogP contribution in [0.3, 0.4) is 0 Å². The molecule has 0 saturated carbocycles. The highest BCUT2D eigenvalue weighted by molar-refractivity contribution is 9.10. The molecule has 0 radical (unpaired) electrons. The fourth-order valence-electron chi connectivity index (χ4n) is 1.86. The quantitative estimate of drug-likeness (QED) is 0.781. The number of carbonyl (C=O) groups excluding carboxylic acids is 2. The Kier molecular flexibility index (Phi) is 5.93. The summed E-state index contributed by atoms with van der Waals surface area (Å²) in [5.41, 5.74) is 1.63. The van der Waals surface area contributed by atoms with Crippen LogP contribution in [0.4, 0.5) is 5.69 Å². The van der Waals surface area contributed by atoms with Crippen LogP contribution in [0.5, 0.6) is 0 Å². The highest BCUT2D eigenvalue weighted by Gasteiger charge is 2.11. The highest BCUT2D eigenvalue weighted by atomic mass is 79.9. The molecule has 2 aromatic rings. The number of hydrogen-bond donors (Lipinski definition) is 1. The summed E-state index contributed by atoms with van der Waals surface area (Å²) in [6, 6.07) is 13.8. The maximum absolute atomic E-state index is 12.2. The first-order valence-electron chi connectivity index (χ1n) is 7.30. The van der Waals surface area contributed by atoms with Gasteiger partial charge in [-0.15, -0.1) is 0 Å². The summed E-state index contributed by atoms with van der Waals surface area (Å²) >= 11 is 3.35. The van der Waals surface area contributed by atoms with Gasteiger partial charge in [0.15, 0.2) is 0 Å². The molecule has 0 heterocycles. The normalized spacial score (nSPS) is 10.4. The van der Waals surface area contributed by atoms with Crippen LogP contribution in [0, 0.1) is 5.92 Å². The molecule has 1 amide bonds. The fourth-order valence-corrected chi connectivity index (χ4v) is 2.32. The van der Waals surface area contributed by atoms with E-state index in [4.69, 9.17) is 4.74 Å². The molecule has 2 aromatic carbocycles. The summed E-state index contributed by atoms with van der Waals surface area (Å²) in [5.74, 6) is -0.281. The van der Waals surface area contributed by atoms with E-state index in [1.165, 1.54) is 0 Å². The predicted octanol–water partition coefficient (Wildman–Crippen LogP) is 4.51. The van der Waals surface area contributed by atoms with E-state index in [-0.39, 0.29) is 11.9 Å². The van der Waals surface area contributed by atoms with Crippen molar-refractivity contribution in [1.82, 2.24) is 0 Å². The summed E-state index contributed by atoms with van der Waals surface area (Å²) in [5, 5.41) is 2.79. The molecule has 2 rings (SSSR count). The van der Waals surface area contributed by atoms with Crippen molar-refractivity contribution < 1.29 is 14.3 Å². The van der Waals surface area contributed by atoms with Crippen LogP contribution >= 0.6 is 15.9 Å². The molecule has 0 aromatic heterocycles. The summed E-state index contributed by atoms with van der Waals surface area (Å²) < 4.78 is 5.89. The molecule has 0 aliphatic heterocycles. The van der Waals surface area contributed by atoms with Crippen LogP contribution in [-0.4, -0.2) is 18.5 Å². The smallest absolute Gasteiger partial charge is 0.338 e. The highest BCUT2D eigenvalue weighted by Crippen LogP contribution is 2.18.